The lowest BCUT2D eigenvalue weighted by Gasteiger charge is -2.26. The largest absolute Gasteiger partial charge is 0.373 e. The van der Waals surface area contributed by atoms with Gasteiger partial charge in [-0.15, -0.1) is 11.3 Å². The molecular weight excluding hydrogens is 306 g/mol. The lowest BCUT2D eigenvalue weighted by atomic mass is 10.2. The molecule has 0 aromatic carbocycles. The molecule has 1 amide bonds. The van der Waals surface area contributed by atoms with Crippen molar-refractivity contribution in [1.82, 2.24) is 9.88 Å². The molecule has 0 saturated heterocycles. The summed E-state index contributed by atoms with van der Waals surface area (Å²) in [6.07, 6.45) is 1.50. The molecule has 112 valence electrons. The third kappa shape index (κ3) is 3.74. The Morgan fingerprint density at radius 2 is 2.29 bits per heavy atom. The summed E-state index contributed by atoms with van der Waals surface area (Å²) in [6.45, 7) is 4.58. The maximum Gasteiger partial charge on any atom is 0.256 e. The van der Waals surface area contributed by atoms with Crippen LogP contribution in [-0.2, 0) is 6.54 Å². The Morgan fingerprint density at radius 1 is 1.52 bits per heavy atom. The highest BCUT2D eigenvalue weighted by molar-refractivity contribution is 7.09. The Morgan fingerprint density at radius 3 is 2.86 bits per heavy atom. The molecule has 0 spiro atoms. The fourth-order valence-electron chi connectivity index (χ4n) is 1.95. The van der Waals surface area contributed by atoms with Crippen LogP contribution in [0.25, 0.3) is 0 Å². The van der Waals surface area contributed by atoms with Crippen LogP contribution in [0, 0.1) is 0 Å². The molecule has 0 aliphatic heterocycles. The molecule has 6 heteroatoms. The van der Waals surface area contributed by atoms with Crippen LogP contribution in [-0.4, -0.2) is 28.9 Å². The Hall–Kier alpha value is -1.59. The van der Waals surface area contributed by atoms with E-state index in [1.807, 2.05) is 36.3 Å². The van der Waals surface area contributed by atoms with Gasteiger partial charge in [-0.3, -0.25) is 4.79 Å². The zero-order chi connectivity index (χ0) is 15.4. The quantitative estimate of drug-likeness (QED) is 0.908. The van der Waals surface area contributed by atoms with Crippen molar-refractivity contribution in [2.45, 2.75) is 26.4 Å². The van der Waals surface area contributed by atoms with Crippen molar-refractivity contribution in [2.75, 3.05) is 12.4 Å². The van der Waals surface area contributed by atoms with Crippen LogP contribution < -0.4 is 5.32 Å². The number of hydrogen-bond donors (Lipinski definition) is 1. The van der Waals surface area contributed by atoms with Crippen LogP contribution in [0.15, 0.2) is 29.8 Å². The van der Waals surface area contributed by atoms with E-state index in [9.17, 15) is 4.79 Å². The van der Waals surface area contributed by atoms with Crippen molar-refractivity contribution < 1.29 is 4.79 Å². The number of pyridine rings is 1. The summed E-state index contributed by atoms with van der Waals surface area (Å²) in [5.74, 6) is 0.546. The van der Waals surface area contributed by atoms with E-state index in [4.69, 9.17) is 11.6 Å². The molecule has 0 bridgehead atoms. The molecule has 2 aromatic rings. The summed E-state index contributed by atoms with van der Waals surface area (Å²) in [5.41, 5.74) is 0.473. The Kier molecular flexibility index (Phi) is 5.20. The van der Waals surface area contributed by atoms with Crippen molar-refractivity contribution in [3.63, 3.8) is 0 Å². The molecule has 2 rings (SSSR count). The summed E-state index contributed by atoms with van der Waals surface area (Å²) in [7, 11) is 1.76. The molecule has 0 unspecified atom stereocenters. The van der Waals surface area contributed by atoms with E-state index >= 15 is 0 Å². The van der Waals surface area contributed by atoms with E-state index < -0.39 is 0 Å². The van der Waals surface area contributed by atoms with Gasteiger partial charge in [0, 0.05) is 24.2 Å². The van der Waals surface area contributed by atoms with Gasteiger partial charge in [0.2, 0.25) is 0 Å². The fraction of sp³-hybridized carbons (Fsp3) is 0.333. The molecule has 2 heterocycles. The van der Waals surface area contributed by atoms with Gasteiger partial charge in [-0.1, -0.05) is 17.7 Å². The lowest BCUT2D eigenvalue weighted by molar-refractivity contribution is 0.0692. The second kappa shape index (κ2) is 6.91. The van der Waals surface area contributed by atoms with Gasteiger partial charge in [-0.25, -0.2) is 4.98 Å². The molecule has 0 atom stereocenters. The van der Waals surface area contributed by atoms with Crippen LogP contribution in [0.1, 0.15) is 29.1 Å². The third-order valence-corrected chi connectivity index (χ3v) is 4.29. The van der Waals surface area contributed by atoms with Gasteiger partial charge in [-0.2, -0.15) is 0 Å². The Balaban J connectivity index is 2.30. The number of amides is 1. The van der Waals surface area contributed by atoms with Gasteiger partial charge in [0.1, 0.15) is 5.82 Å². The first kappa shape index (κ1) is 15.8. The number of nitrogens with zero attached hydrogens (tertiary/aromatic N) is 2. The van der Waals surface area contributed by atoms with Crippen LogP contribution in [0.4, 0.5) is 5.82 Å². The summed E-state index contributed by atoms with van der Waals surface area (Å²) < 4.78 is 0. The molecule has 0 saturated carbocycles. The van der Waals surface area contributed by atoms with Crippen molar-refractivity contribution in [3.8, 4) is 0 Å². The molecule has 0 radical (unpaired) electrons. The Bertz CT molecular complexity index is 613. The van der Waals surface area contributed by atoms with Gasteiger partial charge >= 0.3 is 0 Å². The normalized spacial score (nSPS) is 10.7. The van der Waals surface area contributed by atoms with E-state index in [0.717, 1.165) is 4.88 Å². The van der Waals surface area contributed by atoms with E-state index in [0.29, 0.717) is 22.9 Å². The van der Waals surface area contributed by atoms with E-state index in [-0.39, 0.29) is 11.9 Å². The number of aromatic nitrogens is 1. The topological polar surface area (TPSA) is 45.2 Å². The van der Waals surface area contributed by atoms with Crippen LogP contribution in [0.3, 0.4) is 0 Å². The maximum absolute atomic E-state index is 12.8. The molecule has 21 heavy (non-hydrogen) atoms. The summed E-state index contributed by atoms with van der Waals surface area (Å²) in [4.78, 5) is 19.9. The van der Waals surface area contributed by atoms with Crippen LogP contribution in [0.2, 0.25) is 5.02 Å². The zero-order valence-electron chi connectivity index (χ0n) is 12.3. The second-order valence-corrected chi connectivity index (χ2v) is 6.35. The lowest BCUT2D eigenvalue weighted by Crippen LogP contribution is -2.36. The maximum atomic E-state index is 12.8. The number of nitrogens with one attached hydrogen (secondary N) is 1. The van der Waals surface area contributed by atoms with Gasteiger partial charge in [0.25, 0.3) is 5.91 Å². The number of hydrogen-bond acceptors (Lipinski definition) is 4. The highest BCUT2D eigenvalue weighted by atomic mass is 35.5. The standard InChI is InChI=1S/C15H18ClN3OS/c1-10(2)19(9-11-5-4-6-21-11)15(20)12-7-14(17-3)18-8-13(12)16/h4-8,10H,9H2,1-3H3,(H,17,18). The first-order valence-electron chi connectivity index (χ1n) is 6.69. The van der Waals surface area contributed by atoms with Crippen molar-refractivity contribution >= 4 is 34.7 Å². The molecule has 0 aliphatic rings. The minimum Gasteiger partial charge on any atom is -0.373 e. The predicted octanol–water partition coefficient (Wildman–Crippen LogP) is 3.89. The molecule has 0 fully saturated rings. The summed E-state index contributed by atoms with van der Waals surface area (Å²) in [6, 6.07) is 5.79. The first-order valence-corrected chi connectivity index (χ1v) is 7.95. The van der Waals surface area contributed by atoms with E-state index in [1.54, 1.807) is 24.5 Å². The number of halogens is 1. The van der Waals surface area contributed by atoms with Crippen molar-refractivity contribution in [1.29, 1.82) is 0 Å². The van der Waals surface area contributed by atoms with Crippen LogP contribution >= 0.6 is 22.9 Å². The highest BCUT2D eigenvalue weighted by Crippen LogP contribution is 2.23. The number of carbonyl (C=O) groups is 1. The number of rotatable bonds is 5. The van der Waals surface area contributed by atoms with Gasteiger partial charge in [-0.05, 0) is 31.4 Å². The monoisotopic (exact) mass is 323 g/mol. The average Bonchev–Trinajstić information content (AvgIpc) is 2.97. The minimum absolute atomic E-state index is 0.0812. The van der Waals surface area contributed by atoms with Gasteiger partial charge in [0.15, 0.2) is 0 Å². The summed E-state index contributed by atoms with van der Waals surface area (Å²) in [5, 5.41) is 5.31. The van der Waals surface area contributed by atoms with E-state index in [1.165, 1.54) is 6.20 Å². The van der Waals surface area contributed by atoms with Crippen molar-refractivity contribution in [3.05, 3.63) is 45.2 Å². The molecule has 0 aliphatic carbocycles. The van der Waals surface area contributed by atoms with Gasteiger partial charge < -0.3 is 10.2 Å². The second-order valence-electron chi connectivity index (χ2n) is 4.91. The zero-order valence-corrected chi connectivity index (χ0v) is 13.8. The third-order valence-electron chi connectivity index (χ3n) is 3.13. The van der Waals surface area contributed by atoms with E-state index in [2.05, 4.69) is 10.3 Å². The summed E-state index contributed by atoms with van der Waals surface area (Å²) >= 11 is 7.79. The smallest absolute Gasteiger partial charge is 0.256 e. The predicted molar refractivity (Wildman–Crippen MR) is 88.1 cm³/mol. The van der Waals surface area contributed by atoms with Crippen LogP contribution in [0.5, 0.6) is 0 Å². The van der Waals surface area contributed by atoms with Crippen molar-refractivity contribution in [2.24, 2.45) is 0 Å². The minimum atomic E-state index is -0.0812. The first-order chi connectivity index (χ1) is 10.0. The SMILES string of the molecule is CNc1cc(C(=O)N(Cc2cccs2)C(C)C)c(Cl)cn1. The number of anilines is 1. The number of carbonyl (C=O) groups excluding carboxylic acids is 1. The average molecular weight is 324 g/mol. The Labute approximate surface area is 133 Å². The number of thiophene rings is 1. The molecular formula is C15H18ClN3OS. The molecule has 4 nitrogen and oxygen atoms in total. The van der Waals surface area contributed by atoms with Gasteiger partial charge in [0.05, 0.1) is 17.1 Å². The molecule has 1 N–H and O–H groups in total. The fourth-order valence-corrected chi connectivity index (χ4v) is 2.84. The highest BCUT2D eigenvalue weighted by Gasteiger charge is 2.22. The molecule has 2 aromatic heterocycles.